The first-order valence-corrected chi connectivity index (χ1v) is 9.08. The van der Waals surface area contributed by atoms with Crippen molar-refractivity contribution in [2.24, 2.45) is 4.99 Å². The van der Waals surface area contributed by atoms with E-state index in [0.29, 0.717) is 12.5 Å². The van der Waals surface area contributed by atoms with Crippen molar-refractivity contribution in [1.29, 1.82) is 0 Å². The standard InChI is InChI=1S/C19H33N5O2.HI/c1-20-19(22-12-14-24(2)13-7-15-26-3)23-16-18(25)21-11-10-17-8-5-4-6-9-17;/h4-6,8-9H,7,10-16H2,1-3H3,(H,21,25)(H2,20,22,23);1H. The highest BCUT2D eigenvalue weighted by atomic mass is 127. The van der Waals surface area contributed by atoms with Crippen molar-refractivity contribution in [2.45, 2.75) is 12.8 Å². The minimum absolute atomic E-state index is 0. The quantitative estimate of drug-likeness (QED) is 0.177. The summed E-state index contributed by atoms with van der Waals surface area (Å²) in [6.07, 6.45) is 1.85. The predicted molar refractivity (Wildman–Crippen MR) is 122 cm³/mol. The van der Waals surface area contributed by atoms with Gasteiger partial charge in [0, 0.05) is 46.9 Å². The normalized spacial score (nSPS) is 11.0. The minimum atomic E-state index is -0.0411. The molecule has 3 N–H and O–H groups in total. The van der Waals surface area contributed by atoms with Gasteiger partial charge >= 0.3 is 0 Å². The molecule has 0 aromatic heterocycles. The minimum Gasteiger partial charge on any atom is -0.385 e. The molecule has 0 aliphatic carbocycles. The second-order valence-corrected chi connectivity index (χ2v) is 6.09. The van der Waals surface area contributed by atoms with Gasteiger partial charge in [-0.2, -0.15) is 0 Å². The molecule has 0 atom stereocenters. The van der Waals surface area contributed by atoms with Crippen molar-refractivity contribution >= 4 is 35.8 Å². The molecule has 0 unspecified atom stereocenters. The van der Waals surface area contributed by atoms with Gasteiger partial charge in [-0.05, 0) is 25.5 Å². The van der Waals surface area contributed by atoms with Gasteiger partial charge < -0.3 is 25.6 Å². The zero-order valence-electron chi connectivity index (χ0n) is 16.7. The molecule has 1 amide bonds. The van der Waals surface area contributed by atoms with E-state index in [-0.39, 0.29) is 36.4 Å². The Balaban J connectivity index is 0.00000676. The highest BCUT2D eigenvalue weighted by Gasteiger charge is 2.04. The molecule has 1 rings (SSSR count). The molecule has 27 heavy (non-hydrogen) atoms. The molecule has 8 heteroatoms. The summed E-state index contributed by atoms with van der Waals surface area (Å²) in [5, 5.41) is 9.16. The number of rotatable bonds is 12. The molecule has 1 aromatic carbocycles. The van der Waals surface area contributed by atoms with Crippen LogP contribution in [0.3, 0.4) is 0 Å². The van der Waals surface area contributed by atoms with Crippen LogP contribution in [0.1, 0.15) is 12.0 Å². The van der Waals surface area contributed by atoms with Crippen LogP contribution in [0.5, 0.6) is 0 Å². The largest absolute Gasteiger partial charge is 0.385 e. The van der Waals surface area contributed by atoms with Crippen LogP contribution in [0, 0.1) is 0 Å². The zero-order chi connectivity index (χ0) is 19.0. The lowest BCUT2D eigenvalue weighted by molar-refractivity contribution is -0.119. The molecule has 1 aromatic rings. The summed E-state index contributed by atoms with van der Waals surface area (Å²) in [5.41, 5.74) is 1.22. The lowest BCUT2D eigenvalue weighted by atomic mass is 10.1. The highest BCUT2D eigenvalue weighted by Crippen LogP contribution is 1.97. The van der Waals surface area contributed by atoms with E-state index < -0.39 is 0 Å². The Morgan fingerprint density at radius 2 is 1.85 bits per heavy atom. The molecule has 0 fully saturated rings. The molecule has 0 radical (unpaired) electrons. The van der Waals surface area contributed by atoms with E-state index >= 15 is 0 Å². The van der Waals surface area contributed by atoms with Gasteiger partial charge in [-0.15, -0.1) is 24.0 Å². The first kappa shape index (κ1) is 25.6. The third-order valence-electron chi connectivity index (χ3n) is 3.89. The summed E-state index contributed by atoms with van der Waals surface area (Å²) >= 11 is 0. The van der Waals surface area contributed by atoms with Gasteiger partial charge in [0.25, 0.3) is 0 Å². The van der Waals surface area contributed by atoms with Crippen LogP contribution in [-0.2, 0) is 16.0 Å². The molecule has 0 saturated carbocycles. The number of benzene rings is 1. The van der Waals surface area contributed by atoms with E-state index in [9.17, 15) is 4.79 Å². The Kier molecular flexibility index (Phi) is 15.9. The van der Waals surface area contributed by atoms with E-state index in [1.807, 2.05) is 18.2 Å². The van der Waals surface area contributed by atoms with Crippen LogP contribution in [0.4, 0.5) is 0 Å². The van der Waals surface area contributed by atoms with Crippen molar-refractivity contribution in [3.8, 4) is 0 Å². The van der Waals surface area contributed by atoms with E-state index in [1.165, 1.54) is 5.56 Å². The summed E-state index contributed by atoms with van der Waals surface area (Å²) < 4.78 is 5.05. The number of ether oxygens (including phenoxy) is 1. The van der Waals surface area contributed by atoms with Gasteiger partial charge in [0.15, 0.2) is 5.96 Å². The molecule has 0 spiro atoms. The second-order valence-electron chi connectivity index (χ2n) is 6.09. The van der Waals surface area contributed by atoms with Crippen molar-refractivity contribution in [3.05, 3.63) is 35.9 Å². The third-order valence-corrected chi connectivity index (χ3v) is 3.89. The van der Waals surface area contributed by atoms with E-state index in [4.69, 9.17) is 4.74 Å². The Labute approximate surface area is 180 Å². The number of halogens is 1. The number of nitrogens with zero attached hydrogens (tertiary/aromatic N) is 2. The van der Waals surface area contributed by atoms with Crippen LogP contribution in [0.15, 0.2) is 35.3 Å². The van der Waals surface area contributed by atoms with Crippen LogP contribution in [-0.4, -0.2) is 77.3 Å². The summed E-state index contributed by atoms with van der Waals surface area (Å²) in [4.78, 5) is 18.3. The molecule has 7 nitrogen and oxygen atoms in total. The number of likely N-dealkylation sites (N-methyl/N-ethyl adjacent to an activating group) is 1. The summed E-state index contributed by atoms with van der Waals surface area (Å²) in [5.74, 6) is 0.592. The number of aliphatic imine (C=N–C) groups is 1. The smallest absolute Gasteiger partial charge is 0.239 e. The first-order valence-electron chi connectivity index (χ1n) is 9.08. The first-order chi connectivity index (χ1) is 12.7. The van der Waals surface area contributed by atoms with Crippen LogP contribution < -0.4 is 16.0 Å². The number of carbonyl (C=O) groups excluding carboxylic acids is 1. The summed E-state index contributed by atoms with van der Waals surface area (Å²) in [6.45, 7) is 4.26. The lowest BCUT2D eigenvalue weighted by Crippen LogP contribution is -2.45. The zero-order valence-corrected chi connectivity index (χ0v) is 19.0. The average molecular weight is 491 g/mol. The number of hydrogen-bond donors (Lipinski definition) is 3. The Morgan fingerprint density at radius 3 is 2.52 bits per heavy atom. The fraction of sp³-hybridized carbons (Fsp3) is 0.579. The van der Waals surface area contributed by atoms with Gasteiger partial charge in [-0.1, -0.05) is 30.3 Å². The SMILES string of the molecule is CN=C(NCCN(C)CCCOC)NCC(=O)NCCc1ccccc1.I. The maximum absolute atomic E-state index is 11.9. The van der Waals surface area contributed by atoms with Crippen molar-refractivity contribution in [2.75, 3.05) is 60.5 Å². The van der Waals surface area contributed by atoms with Gasteiger partial charge in [0.2, 0.25) is 5.91 Å². The monoisotopic (exact) mass is 491 g/mol. The van der Waals surface area contributed by atoms with E-state index in [2.05, 4.69) is 45.0 Å². The van der Waals surface area contributed by atoms with E-state index in [1.54, 1.807) is 14.2 Å². The Hall–Kier alpha value is -1.39. The fourth-order valence-electron chi connectivity index (χ4n) is 2.39. The van der Waals surface area contributed by atoms with Gasteiger partial charge in [-0.25, -0.2) is 0 Å². The number of methoxy groups -OCH3 is 1. The van der Waals surface area contributed by atoms with E-state index in [0.717, 1.165) is 39.1 Å². The highest BCUT2D eigenvalue weighted by molar-refractivity contribution is 14.0. The topological polar surface area (TPSA) is 78.0 Å². The number of amides is 1. The predicted octanol–water partition coefficient (Wildman–Crippen LogP) is 1.10. The second kappa shape index (κ2) is 16.8. The van der Waals surface area contributed by atoms with Crippen molar-refractivity contribution in [3.63, 3.8) is 0 Å². The molecule has 154 valence electrons. The Bertz CT molecular complexity index is 528. The van der Waals surface area contributed by atoms with Gasteiger partial charge in [-0.3, -0.25) is 9.79 Å². The number of hydrogen-bond acceptors (Lipinski definition) is 4. The number of nitrogens with one attached hydrogen (secondary N) is 3. The van der Waals surface area contributed by atoms with Crippen molar-refractivity contribution < 1.29 is 9.53 Å². The maximum atomic E-state index is 11.9. The summed E-state index contributed by atoms with van der Waals surface area (Å²) in [7, 11) is 5.49. The molecule has 0 heterocycles. The summed E-state index contributed by atoms with van der Waals surface area (Å²) in [6, 6.07) is 10.1. The number of guanidine groups is 1. The number of carbonyl (C=O) groups is 1. The molecular weight excluding hydrogens is 457 g/mol. The maximum Gasteiger partial charge on any atom is 0.239 e. The Morgan fingerprint density at radius 1 is 1.11 bits per heavy atom. The fourth-order valence-corrected chi connectivity index (χ4v) is 2.39. The third kappa shape index (κ3) is 13.4. The molecule has 0 saturated heterocycles. The van der Waals surface area contributed by atoms with Crippen LogP contribution >= 0.6 is 24.0 Å². The molecule has 0 aliphatic heterocycles. The lowest BCUT2D eigenvalue weighted by Gasteiger charge is -2.18. The van der Waals surface area contributed by atoms with Crippen LogP contribution in [0.25, 0.3) is 0 Å². The average Bonchev–Trinajstić information content (AvgIpc) is 2.65. The van der Waals surface area contributed by atoms with Gasteiger partial charge in [0.1, 0.15) is 0 Å². The van der Waals surface area contributed by atoms with Gasteiger partial charge in [0.05, 0.1) is 6.54 Å². The van der Waals surface area contributed by atoms with Crippen LogP contribution in [0.2, 0.25) is 0 Å². The molecule has 0 aliphatic rings. The molecular formula is C19H34IN5O2. The van der Waals surface area contributed by atoms with Crippen molar-refractivity contribution in [1.82, 2.24) is 20.9 Å². The molecule has 0 bridgehead atoms.